The van der Waals surface area contributed by atoms with Crippen molar-refractivity contribution in [3.63, 3.8) is 0 Å². The van der Waals surface area contributed by atoms with Crippen LogP contribution in [0.4, 0.5) is 0 Å². The third-order valence-corrected chi connectivity index (χ3v) is 3.68. The van der Waals surface area contributed by atoms with E-state index in [1.54, 1.807) is 16.2 Å². The van der Waals surface area contributed by atoms with Gasteiger partial charge in [-0.25, -0.2) is 0 Å². The second-order valence-electron chi connectivity index (χ2n) is 3.47. The molecule has 0 spiro atoms. The van der Waals surface area contributed by atoms with Crippen LogP contribution >= 0.6 is 33.9 Å². The first-order valence-corrected chi connectivity index (χ1v) is 6.74. The smallest absolute Gasteiger partial charge is 0.270 e. The highest BCUT2D eigenvalue weighted by Gasteiger charge is 2.13. The van der Waals surface area contributed by atoms with Crippen LogP contribution in [0.5, 0.6) is 0 Å². The summed E-state index contributed by atoms with van der Waals surface area (Å²) in [7, 11) is 1.82. The molecule has 0 aliphatic carbocycles. The Morgan fingerprint density at radius 1 is 1.62 bits per heavy atom. The Balaban J connectivity index is 2.05. The lowest BCUT2D eigenvalue weighted by molar-refractivity contribution is 0.0781. The molecular weight excluding hydrogens is 335 g/mol. The van der Waals surface area contributed by atoms with Crippen molar-refractivity contribution in [3.8, 4) is 0 Å². The zero-order chi connectivity index (χ0) is 11.5. The van der Waals surface area contributed by atoms with Gasteiger partial charge in [-0.15, -0.1) is 11.3 Å². The van der Waals surface area contributed by atoms with E-state index >= 15 is 0 Å². The van der Waals surface area contributed by atoms with Gasteiger partial charge in [0.1, 0.15) is 5.69 Å². The zero-order valence-electron chi connectivity index (χ0n) is 8.74. The number of aromatic amines is 1. The van der Waals surface area contributed by atoms with Gasteiger partial charge in [0.2, 0.25) is 0 Å². The van der Waals surface area contributed by atoms with Gasteiger partial charge in [-0.1, -0.05) is 6.07 Å². The van der Waals surface area contributed by atoms with Crippen LogP contribution in [0.15, 0.2) is 29.8 Å². The third-order valence-electron chi connectivity index (χ3n) is 2.20. The van der Waals surface area contributed by atoms with Crippen LogP contribution in [0.2, 0.25) is 0 Å². The minimum Gasteiger partial charge on any atom is -0.356 e. The Labute approximate surface area is 112 Å². The van der Waals surface area contributed by atoms with E-state index in [2.05, 4.69) is 27.6 Å². The third kappa shape index (κ3) is 2.65. The van der Waals surface area contributed by atoms with Crippen molar-refractivity contribution in [3.05, 3.63) is 43.9 Å². The second kappa shape index (κ2) is 5.01. The van der Waals surface area contributed by atoms with Crippen LogP contribution in [0, 0.1) is 3.57 Å². The number of H-pyrrole nitrogens is 1. The Bertz CT molecular complexity index is 478. The summed E-state index contributed by atoms with van der Waals surface area (Å²) in [6, 6.07) is 5.89. The van der Waals surface area contributed by atoms with Gasteiger partial charge in [-0.05, 0) is 40.1 Å². The average Bonchev–Trinajstić information content (AvgIpc) is 2.88. The molecule has 2 rings (SSSR count). The highest BCUT2D eigenvalue weighted by molar-refractivity contribution is 14.1. The predicted octanol–water partition coefficient (Wildman–Crippen LogP) is 2.95. The molecular formula is C11H11IN2OS. The monoisotopic (exact) mass is 346 g/mol. The fourth-order valence-corrected chi connectivity index (χ4v) is 2.63. The highest BCUT2D eigenvalue weighted by atomic mass is 127. The normalized spacial score (nSPS) is 10.4. The van der Waals surface area contributed by atoms with E-state index in [9.17, 15) is 4.79 Å². The van der Waals surface area contributed by atoms with Crippen molar-refractivity contribution in [2.45, 2.75) is 6.54 Å². The van der Waals surface area contributed by atoms with Crippen LogP contribution in [-0.4, -0.2) is 22.8 Å². The maximum atomic E-state index is 12.0. The molecule has 0 saturated carbocycles. The first kappa shape index (κ1) is 11.7. The molecule has 3 nitrogen and oxygen atoms in total. The molecule has 2 aromatic rings. The molecule has 2 aromatic heterocycles. The first-order chi connectivity index (χ1) is 7.66. The lowest BCUT2D eigenvalue weighted by Gasteiger charge is -2.14. The largest absolute Gasteiger partial charge is 0.356 e. The van der Waals surface area contributed by atoms with E-state index in [-0.39, 0.29) is 5.91 Å². The molecule has 0 bridgehead atoms. The van der Waals surface area contributed by atoms with Gasteiger partial charge in [0.25, 0.3) is 5.91 Å². The van der Waals surface area contributed by atoms with Gasteiger partial charge < -0.3 is 9.88 Å². The number of hydrogen-bond donors (Lipinski definition) is 1. The van der Waals surface area contributed by atoms with Crippen LogP contribution in [0.1, 0.15) is 15.4 Å². The molecule has 0 aromatic carbocycles. The van der Waals surface area contributed by atoms with E-state index in [0.29, 0.717) is 12.2 Å². The second-order valence-corrected chi connectivity index (χ2v) is 5.75. The Hall–Kier alpha value is -0.820. The fourth-order valence-electron chi connectivity index (χ4n) is 1.41. The van der Waals surface area contributed by atoms with Gasteiger partial charge in [-0.3, -0.25) is 4.79 Å². The van der Waals surface area contributed by atoms with E-state index in [1.807, 2.05) is 36.8 Å². The summed E-state index contributed by atoms with van der Waals surface area (Å²) in [5.74, 6) is 0.0244. The van der Waals surface area contributed by atoms with Gasteiger partial charge in [-0.2, -0.15) is 0 Å². The van der Waals surface area contributed by atoms with Crippen LogP contribution in [-0.2, 0) is 6.54 Å². The van der Waals surface area contributed by atoms with Crippen molar-refractivity contribution in [2.24, 2.45) is 0 Å². The van der Waals surface area contributed by atoms with Gasteiger partial charge in [0.15, 0.2) is 0 Å². The van der Waals surface area contributed by atoms with Crippen molar-refractivity contribution in [1.82, 2.24) is 9.88 Å². The van der Waals surface area contributed by atoms with Crippen LogP contribution in [0.25, 0.3) is 0 Å². The summed E-state index contributed by atoms with van der Waals surface area (Å²) < 4.78 is 1.05. The molecule has 1 N–H and O–H groups in total. The molecule has 84 valence electrons. The molecule has 5 heteroatoms. The molecule has 0 atom stereocenters. The zero-order valence-corrected chi connectivity index (χ0v) is 11.7. The summed E-state index contributed by atoms with van der Waals surface area (Å²) in [6.45, 7) is 0.659. The van der Waals surface area contributed by atoms with Gasteiger partial charge in [0.05, 0.1) is 6.54 Å². The summed E-state index contributed by atoms with van der Waals surface area (Å²) in [4.78, 5) is 17.9. The number of carbonyl (C=O) groups excluding carboxylic acids is 1. The number of thiophene rings is 1. The predicted molar refractivity (Wildman–Crippen MR) is 73.6 cm³/mol. The van der Waals surface area contributed by atoms with Crippen molar-refractivity contribution in [1.29, 1.82) is 0 Å². The molecule has 0 fully saturated rings. The Kier molecular flexibility index (Phi) is 3.65. The maximum absolute atomic E-state index is 12.0. The average molecular weight is 346 g/mol. The number of aromatic nitrogens is 1. The number of nitrogens with zero attached hydrogens (tertiary/aromatic N) is 1. The van der Waals surface area contributed by atoms with Crippen LogP contribution < -0.4 is 0 Å². The number of amides is 1. The lowest BCUT2D eigenvalue weighted by Crippen LogP contribution is -2.26. The number of halogens is 1. The molecule has 16 heavy (non-hydrogen) atoms. The Morgan fingerprint density at radius 2 is 2.44 bits per heavy atom. The molecule has 0 aliphatic rings. The standard InChI is InChI=1S/C11H11IN2OS/c1-14(7-9-3-2-4-16-9)11(15)10-5-8(12)6-13-10/h2-6,13H,7H2,1H3. The molecule has 0 radical (unpaired) electrons. The minimum atomic E-state index is 0.0244. The van der Waals surface area contributed by atoms with E-state index in [1.165, 1.54) is 4.88 Å². The number of rotatable bonds is 3. The minimum absolute atomic E-state index is 0.0244. The van der Waals surface area contributed by atoms with Crippen molar-refractivity contribution >= 4 is 39.8 Å². The quantitative estimate of drug-likeness (QED) is 0.853. The molecule has 0 aliphatic heterocycles. The molecule has 0 saturated heterocycles. The van der Waals surface area contributed by atoms with Crippen molar-refractivity contribution < 1.29 is 4.79 Å². The van der Waals surface area contributed by atoms with E-state index in [4.69, 9.17) is 0 Å². The lowest BCUT2D eigenvalue weighted by atomic mass is 10.3. The van der Waals surface area contributed by atoms with Gasteiger partial charge >= 0.3 is 0 Å². The van der Waals surface area contributed by atoms with E-state index in [0.717, 1.165) is 3.57 Å². The Morgan fingerprint density at radius 3 is 3.00 bits per heavy atom. The highest BCUT2D eigenvalue weighted by Crippen LogP contribution is 2.13. The van der Waals surface area contributed by atoms with Crippen molar-refractivity contribution in [2.75, 3.05) is 7.05 Å². The van der Waals surface area contributed by atoms with E-state index < -0.39 is 0 Å². The molecule has 1 amide bonds. The fraction of sp³-hybridized carbons (Fsp3) is 0.182. The van der Waals surface area contributed by atoms with Gasteiger partial charge in [0, 0.05) is 21.7 Å². The SMILES string of the molecule is CN(Cc1cccs1)C(=O)c1cc(I)c[nH]1. The number of nitrogens with one attached hydrogen (secondary N) is 1. The summed E-state index contributed by atoms with van der Waals surface area (Å²) >= 11 is 3.84. The molecule has 0 unspecified atom stereocenters. The first-order valence-electron chi connectivity index (χ1n) is 4.78. The summed E-state index contributed by atoms with van der Waals surface area (Å²) in [5.41, 5.74) is 0.642. The van der Waals surface area contributed by atoms with Crippen LogP contribution in [0.3, 0.4) is 0 Å². The maximum Gasteiger partial charge on any atom is 0.270 e. The molecule has 2 heterocycles. The number of hydrogen-bond acceptors (Lipinski definition) is 2. The summed E-state index contributed by atoms with van der Waals surface area (Å²) in [6.07, 6.45) is 1.83. The number of carbonyl (C=O) groups is 1. The topological polar surface area (TPSA) is 36.1 Å². The summed E-state index contributed by atoms with van der Waals surface area (Å²) in [5, 5.41) is 2.02.